The van der Waals surface area contributed by atoms with Gasteiger partial charge in [-0.05, 0) is 18.2 Å². The number of rotatable bonds is 4. The number of aromatic nitrogens is 2. The topological polar surface area (TPSA) is 129 Å². The van der Waals surface area contributed by atoms with E-state index in [1.165, 1.54) is 30.4 Å². The Hall–Kier alpha value is -2.14. The van der Waals surface area contributed by atoms with Gasteiger partial charge in [-0.15, -0.1) is 0 Å². The highest BCUT2D eigenvalue weighted by molar-refractivity contribution is 7.89. The maximum Gasteiger partial charge on any atom is 0.315 e. The maximum absolute atomic E-state index is 12.6. The average Bonchev–Trinajstić information content (AvgIpc) is 2.94. The number of aliphatic hydroxyl groups is 1. The van der Waals surface area contributed by atoms with Crippen LogP contribution in [0.2, 0.25) is 0 Å². The lowest BCUT2D eigenvalue weighted by atomic mass is 9.92. The van der Waals surface area contributed by atoms with Crippen molar-refractivity contribution in [2.45, 2.75) is 10.6 Å². The van der Waals surface area contributed by atoms with Crippen molar-refractivity contribution in [1.29, 1.82) is 0 Å². The van der Waals surface area contributed by atoms with E-state index >= 15 is 0 Å². The van der Waals surface area contributed by atoms with E-state index in [1.54, 1.807) is 6.07 Å². The molecule has 1 aromatic carbocycles. The zero-order valence-electron chi connectivity index (χ0n) is 11.4. The molecule has 0 fully saturated rings. The summed E-state index contributed by atoms with van der Waals surface area (Å²) in [6, 6.07) is 4.41. The van der Waals surface area contributed by atoms with E-state index in [0.717, 1.165) is 17.8 Å². The first-order valence-electron chi connectivity index (χ1n) is 6.40. The second-order valence-corrected chi connectivity index (χ2v) is 7.06. The zero-order valence-corrected chi connectivity index (χ0v) is 13.1. The van der Waals surface area contributed by atoms with Crippen LogP contribution in [0.1, 0.15) is 0 Å². The fourth-order valence-corrected chi connectivity index (χ4v) is 4.27. The van der Waals surface area contributed by atoms with Gasteiger partial charge in [-0.2, -0.15) is 13.5 Å². The van der Waals surface area contributed by atoms with Gasteiger partial charge in [-0.1, -0.05) is 24.3 Å². The van der Waals surface area contributed by atoms with Crippen LogP contribution in [0, 0.1) is 5.92 Å². The molecule has 0 saturated heterocycles. The predicted molar refractivity (Wildman–Crippen MR) is 82.1 cm³/mol. The Bertz CT molecular complexity index is 934. The molecule has 23 heavy (non-hydrogen) atoms. The molecule has 2 unspecified atom stereocenters. The molecule has 3 N–H and O–H groups in total. The summed E-state index contributed by atoms with van der Waals surface area (Å²) in [4.78, 5) is 11.1. The third kappa shape index (κ3) is 2.77. The van der Waals surface area contributed by atoms with Crippen LogP contribution in [0.25, 0.3) is 11.0 Å². The number of benzene rings is 1. The van der Waals surface area contributed by atoms with Crippen LogP contribution in [0.5, 0.6) is 0 Å². The molecule has 3 rings (SSSR count). The third-order valence-electron chi connectivity index (χ3n) is 3.34. The van der Waals surface area contributed by atoms with Crippen LogP contribution in [0.3, 0.4) is 0 Å². The first-order valence-corrected chi connectivity index (χ1v) is 8.61. The van der Waals surface area contributed by atoms with Gasteiger partial charge in [0.1, 0.15) is 21.8 Å². The van der Waals surface area contributed by atoms with Crippen molar-refractivity contribution in [2.75, 3.05) is 0 Å². The van der Waals surface area contributed by atoms with Gasteiger partial charge in [0.15, 0.2) is 5.72 Å². The number of nitrogens with one attached hydrogen (secondary N) is 1. The highest BCUT2D eigenvalue weighted by atomic mass is 32.2. The molecule has 120 valence electrons. The Morgan fingerprint density at radius 3 is 2.83 bits per heavy atom. The maximum atomic E-state index is 12.6. The van der Waals surface area contributed by atoms with Gasteiger partial charge in [0.2, 0.25) is 10.0 Å². The zero-order chi connectivity index (χ0) is 16.7. The van der Waals surface area contributed by atoms with E-state index < -0.39 is 27.6 Å². The second kappa shape index (κ2) is 5.49. The smallest absolute Gasteiger partial charge is 0.315 e. The number of carboxylic acid groups (broad SMARTS) is 1. The summed E-state index contributed by atoms with van der Waals surface area (Å²) in [7, 11) is -4.23. The second-order valence-electron chi connectivity index (χ2n) is 4.88. The molecule has 0 spiro atoms. The molecule has 1 aromatic heterocycles. The molecule has 0 amide bonds. The van der Waals surface area contributed by atoms with E-state index in [-0.39, 0.29) is 10.4 Å². The van der Waals surface area contributed by atoms with Crippen LogP contribution in [-0.2, 0) is 14.8 Å². The quantitative estimate of drug-likeness (QED) is 0.682. The summed E-state index contributed by atoms with van der Waals surface area (Å²) in [6.07, 6.45) is 5.08. The first-order chi connectivity index (χ1) is 10.8. The Labute approximate surface area is 135 Å². The average molecular weight is 353 g/mol. The van der Waals surface area contributed by atoms with Crippen LogP contribution in [-0.4, -0.2) is 39.1 Å². The monoisotopic (exact) mass is 353 g/mol. The normalized spacial score (nSPS) is 24.1. The van der Waals surface area contributed by atoms with Gasteiger partial charge >= 0.3 is 5.97 Å². The molecular weight excluding hydrogens is 342 g/mol. The predicted octanol–water partition coefficient (Wildman–Crippen LogP) is 0.485. The van der Waals surface area contributed by atoms with Crippen molar-refractivity contribution >= 4 is 38.8 Å². The number of sulfonamides is 1. The SMILES string of the molecule is O=C(O)C1C=CC=CC1(O)NS(=O)(=O)c1cccc2nsnc12. The summed E-state index contributed by atoms with van der Waals surface area (Å²) in [5.74, 6) is -2.81. The Morgan fingerprint density at radius 2 is 2.09 bits per heavy atom. The molecular formula is C13H11N3O5S2. The number of allylic oxidation sites excluding steroid dienone is 2. The standard InChI is InChI=1S/C13H11N3O5S2/c17-12(18)8-4-1-2-7-13(8,19)16-23(20,21)10-6-3-5-9-11(10)15-22-14-9/h1-8,16,19H,(H,17,18). The van der Waals surface area contributed by atoms with Gasteiger partial charge in [0.05, 0.1) is 11.7 Å². The number of hydrogen-bond acceptors (Lipinski definition) is 7. The highest BCUT2D eigenvalue weighted by Gasteiger charge is 2.43. The fraction of sp³-hybridized carbons (Fsp3) is 0.154. The highest BCUT2D eigenvalue weighted by Crippen LogP contribution is 2.27. The minimum Gasteiger partial charge on any atom is -0.481 e. The summed E-state index contributed by atoms with van der Waals surface area (Å²) < 4.78 is 35.1. The minimum absolute atomic E-state index is 0.163. The van der Waals surface area contributed by atoms with Crippen LogP contribution >= 0.6 is 11.7 Å². The molecule has 10 heteroatoms. The lowest BCUT2D eigenvalue weighted by molar-refractivity contribution is -0.146. The van der Waals surface area contributed by atoms with Gasteiger partial charge in [0.25, 0.3) is 0 Å². The van der Waals surface area contributed by atoms with Crippen LogP contribution in [0.4, 0.5) is 0 Å². The molecule has 1 aliphatic rings. The first kappa shape index (κ1) is 15.7. The molecule has 2 atom stereocenters. The number of fused-ring (bicyclic) bond motifs is 1. The molecule has 0 radical (unpaired) electrons. The summed E-state index contributed by atoms with van der Waals surface area (Å²) in [6.45, 7) is 0. The molecule has 0 aliphatic heterocycles. The van der Waals surface area contributed by atoms with E-state index in [0.29, 0.717) is 5.52 Å². The molecule has 2 aromatic rings. The Balaban J connectivity index is 2.04. The van der Waals surface area contributed by atoms with Crippen LogP contribution < -0.4 is 4.72 Å². The minimum atomic E-state index is -4.23. The number of nitrogens with zero attached hydrogens (tertiary/aromatic N) is 2. The van der Waals surface area contributed by atoms with E-state index in [2.05, 4.69) is 8.75 Å². The summed E-state index contributed by atoms with van der Waals surface area (Å²) in [5, 5.41) is 19.7. The van der Waals surface area contributed by atoms with Crippen molar-refractivity contribution in [3.8, 4) is 0 Å². The van der Waals surface area contributed by atoms with Crippen LogP contribution in [0.15, 0.2) is 47.4 Å². The molecule has 0 saturated carbocycles. The summed E-state index contributed by atoms with van der Waals surface area (Å²) >= 11 is 0.860. The third-order valence-corrected chi connectivity index (χ3v) is 5.39. The Kier molecular flexibility index (Phi) is 3.76. The number of aliphatic carboxylic acids is 1. The number of carboxylic acids is 1. The van der Waals surface area contributed by atoms with Gasteiger partial charge < -0.3 is 10.2 Å². The molecule has 1 aliphatic carbocycles. The number of carbonyl (C=O) groups is 1. The van der Waals surface area contributed by atoms with Gasteiger partial charge in [-0.3, -0.25) is 4.79 Å². The Morgan fingerprint density at radius 1 is 1.30 bits per heavy atom. The molecule has 8 nitrogen and oxygen atoms in total. The van der Waals surface area contributed by atoms with Crippen molar-refractivity contribution < 1.29 is 23.4 Å². The van der Waals surface area contributed by atoms with Crippen molar-refractivity contribution in [3.05, 3.63) is 42.5 Å². The molecule has 0 bridgehead atoms. The van der Waals surface area contributed by atoms with E-state index in [9.17, 15) is 23.4 Å². The van der Waals surface area contributed by atoms with Crippen molar-refractivity contribution in [2.24, 2.45) is 5.92 Å². The number of hydrogen-bond donors (Lipinski definition) is 3. The van der Waals surface area contributed by atoms with Crippen molar-refractivity contribution in [1.82, 2.24) is 13.5 Å². The lowest BCUT2D eigenvalue weighted by Gasteiger charge is -2.31. The van der Waals surface area contributed by atoms with Gasteiger partial charge in [-0.25, -0.2) is 8.42 Å². The van der Waals surface area contributed by atoms with Crippen molar-refractivity contribution in [3.63, 3.8) is 0 Å². The van der Waals surface area contributed by atoms with Gasteiger partial charge in [0, 0.05) is 0 Å². The lowest BCUT2D eigenvalue weighted by Crippen LogP contribution is -2.54. The summed E-state index contributed by atoms with van der Waals surface area (Å²) in [5.41, 5.74) is -1.71. The fourth-order valence-electron chi connectivity index (χ4n) is 2.26. The largest absolute Gasteiger partial charge is 0.481 e. The van der Waals surface area contributed by atoms with E-state index in [1.807, 2.05) is 4.72 Å². The van der Waals surface area contributed by atoms with E-state index in [4.69, 9.17) is 0 Å². The molecule has 1 heterocycles.